The van der Waals surface area contributed by atoms with Crippen molar-refractivity contribution in [2.45, 2.75) is 26.3 Å². The van der Waals surface area contributed by atoms with Crippen molar-refractivity contribution >= 4 is 8.80 Å². The van der Waals surface area contributed by atoms with Crippen LogP contribution in [0.4, 0.5) is 0 Å². The van der Waals surface area contributed by atoms with E-state index >= 15 is 0 Å². The van der Waals surface area contributed by atoms with Crippen LogP contribution in [0.1, 0.15) is 20.3 Å². The number of aliphatic hydroxyl groups excluding tert-OH is 1. The summed E-state index contributed by atoms with van der Waals surface area (Å²) < 4.78 is 17.2. The van der Waals surface area contributed by atoms with Gasteiger partial charge in [-0.3, -0.25) is 0 Å². The number of rotatable bonds is 11. The third-order valence-corrected chi connectivity index (χ3v) is 6.80. The number of hydrogen-bond acceptors (Lipinski definition) is 4. The molecule has 0 aromatic rings. The van der Waals surface area contributed by atoms with E-state index in [1.165, 1.54) is 0 Å². The number of hydrogen-bond donors (Lipinski definition) is 1. The summed E-state index contributed by atoms with van der Waals surface area (Å²) in [6.45, 7) is 8.51. The maximum atomic E-state index is 9.18. The molecule has 110 valence electrons. The summed E-state index contributed by atoms with van der Waals surface area (Å²) in [5.41, 5.74) is 0. The largest absolute Gasteiger partial charge is 0.500 e. The second kappa shape index (κ2) is 9.01. The van der Waals surface area contributed by atoms with Gasteiger partial charge < -0.3 is 22.9 Å². The summed E-state index contributed by atoms with van der Waals surface area (Å²) in [6.07, 6.45) is 0.990. The fraction of sp³-hybridized carbons (Fsp3) is 1.00. The zero-order chi connectivity index (χ0) is 14.1. The summed E-state index contributed by atoms with van der Waals surface area (Å²) in [5.74, 6) is 0. The van der Waals surface area contributed by atoms with Gasteiger partial charge in [0.05, 0.1) is 26.2 Å². The van der Waals surface area contributed by atoms with Crippen LogP contribution in [-0.4, -0.2) is 72.5 Å². The van der Waals surface area contributed by atoms with E-state index in [1.807, 2.05) is 0 Å². The second-order valence-electron chi connectivity index (χ2n) is 4.54. The molecular formula is C12H30NO4Si+. The van der Waals surface area contributed by atoms with E-state index in [4.69, 9.17) is 13.3 Å². The highest BCUT2D eigenvalue weighted by Gasteiger charge is 2.38. The molecule has 0 radical (unpaired) electrons. The van der Waals surface area contributed by atoms with E-state index in [1.54, 1.807) is 21.3 Å². The molecule has 0 saturated heterocycles. The molecule has 18 heavy (non-hydrogen) atoms. The maximum Gasteiger partial charge on any atom is 0.500 e. The number of likely N-dealkylation sites (N-methyl/N-ethyl adjacent to an activating group) is 1. The lowest BCUT2D eigenvalue weighted by atomic mass is 10.3. The van der Waals surface area contributed by atoms with Gasteiger partial charge in [-0.15, -0.1) is 0 Å². The molecular weight excluding hydrogens is 250 g/mol. The predicted octanol–water partition coefficient (Wildman–Crippen LogP) is 1.10. The first kappa shape index (κ1) is 18.0. The third-order valence-electron chi connectivity index (χ3n) is 3.96. The average molecular weight is 280 g/mol. The van der Waals surface area contributed by atoms with Crippen LogP contribution in [0.2, 0.25) is 6.04 Å². The van der Waals surface area contributed by atoms with Crippen LogP contribution in [0.25, 0.3) is 0 Å². The molecule has 1 N–H and O–H groups in total. The summed E-state index contributed by atoms with van der Waals surface area (Å²) in [7, 11) is 2.50. The molecule has 0 bridgehead atoms. The first-order valence-corrected chi connectivity index (χ1v) is 8.62. The lowest BCUT2D eigenvalue weighted by molar-refractivity contribution is -0.925. The number of quaternary nitrogens is 1. The van der Waals surface area contributed by atoms with Crippen molar-refractivity contribution in [3.8, 4) is 0 Å². The smallest absolute Gasteiger partial charge is 0.391 e. The summed E-state index contributed by atoms with van der Waals surface area (Å²) in [4.78, 5) is 0. The van der Waals surface area contributed by atoms with Gasteiger partial charge in [0.15, 0.2) is 0 Å². The van der Waals surface area contributed by atoms with Crippen molar-refractivity contribution in [2.75, 3.05) is 54.1 Å². The van der Waals surface area contributed by atoms with Crippen LogP contribution < -0.4 is 0 Å². The van der Waals surface area contributed by atoms with Gasteiger partial charge in [0.25, 0.3) is 0 Å². The Bertz CT molecular complexity index is 200. The number of nitrogens with zero attached hydrogens (tertiary/aromatic N) is 1. The summed E-state index contributed by atoms with van der Waals surface area (Å²) in [6, 6.07) is 0.821. The van der Waals surface area contributed by atoms with E-state index in [-0.39, 0.29) is 6.61 Å². The van der Waals surface area contributed by atoms with Gasteiger partial charge >= 0.3 is 8.80 Å². The van der Waals surface area contributed by atoms with E-state index < -0.39 is 8.80 Å². The second-order valence-corrected chi connectivity index (χ2v) is 7.63. The highest BCUT2D eigenvalue weighted by molar-refractivity contribution is 6.60. The fourth-order valence-electron chi connectivity index (χ4n) is 2.37. The standard InChI is InChI=1S/C12H30NO4Si/c1-6-13(7-2,10-11-14)9-8-12-18(15-3,16-4)17-5/h14H,6-12H2,1-5H3/q+1. The van der Waals surface area contributed by atoms with Crippen LogP contribution in [0.15, 0.2) is 0 Å². The topological polar surface area (TPSA) is 47.9 Å². The molecule has 0 aliphatic carbocycles. The van der Waals surface area contributed by atoms with Crippen LogP contribution >= 0.6 is 0 Å². The Kier molecular flexibility index (Phi) is 9.01. The minimum absolute atomic E-state index is 0.239. The van der Waals surface area contributed by atoms with Gasteiger partial charge in [-0.2, -0.15) is 0 Å². The highest BCUT2D eigenvalue weighted by atomic mass is 28.4. The number of aliphatic hydroxyl groups is 1. The van der Waals surface area contributed by atoms with E-state index in [0.717, 1.165) is 43.1 Å². The van der Waals surface area contributed by atoms with Crippen LogP contribution in [0, 0.1) is 0 Å². The van der Waals surface area contributed by atoms with Gasteiger partial charge in [0, 0.05) is 33.8 Å². The molecule has 0 aromatic carbocycles. The zero-order valence-corrected chi connectivity index (χ0v) is 13.6. The molecule has 0 aliphatic heterocycles. The Balaban J connectivity index is 4.36. The highest BCUT2D eigenvalue weighted by Crippen LogP contribution is 2.17. The van der Waals surface area contributed by atoms with Crippen molar-refractivity contribution in [3.63, 3.8) is 0 Å². The molecule has 0 rings (SSSR count). The molecule has 0 saturated carbocycles. The van der Waals surface area contributed by atoms with Crippen LogP contribution in [0.5, 0.6) is 0 Å². The summed E-state index contributed by atoms with van der Waals surface area (Å²) >= 11 is 0. The van der Waals surface area contributed by atoms with Crippen LogP contribution in [0.3, 0.4) is 0 Å². The zero-order valence-electron chi connectivity index (χ0n) is 12.6. The van der Waals surface area contributed by atoms with Crippen LogP contribution in [-0.2, 0) is 13.3 Å². The van der Waals surface area contributed by atoms with Crippen molar-refractivity contribution in [2.24, 2.45) is 0 Å². The van der Waals surface area contributed by atoms with E-state index in [9.17, 15) is 5.11 Å². The fourth-order valence-corrected chi connectivity index (χ4v) is 4.07. The van der Waals surface area contributed by atoms with Crippen molar-refractivity contribution in [3.05, 3.63) is 0 Å². The van der Waals surface area contributed by atoms with Gasteiger partial charge in [-0.25, -0.2) is 0 Å². The van der Waals surface area contributed by atoms with Gasteiger partial charge in [0.1, 0.15) is 6.54 Å². The van der Waals surface area contributed by atoms with Gasteiger partial charge in [0.2, 0.25) is 0 Å². The lowest BCUT2D eigenvalue weighted by Gasteiger charge is -2.37. The Morgan fingerprint density at radius 3 is 1.78 bits per heavy atom. The lowest BCUT2D eigenvalue weighted by Crippen LogP contribution is -2.51. The van der Waals surface area contributed by atoms with E-state index in [2.05, 4.69) is 13.8 Å². The monoisotopic (exact) mass is 280 g/mol. The molecule has 0 spiro atoms. The maximum absolute atomic E-state index is 9.18. The molecule has 0 aromatic heterocycles. The molecule has 5 nitrogen and oxygen atoms in total. The minimum Gasteiger partial charge on any atom is -0.391 e. The molecule has 0 unspecified atom stereocenters. The Morgan fingerprint density at radius 1 is 0.944 bits per heavy atom. The van der Waals surface area contributed by atoms with Crippen molar-refractivity contribution < 1.29 is 22.9 Å². The Hall–Kier alpha value is 0.0169. The van der Waals surface area contributed by atoms with Crippen molar-refractivity contribution in [1.82, 2.24) is 0 Å². The third kappa shape index (κ3) is 4.95. The predicted molar refractivity (Wildman–Crippen MR) is 74.4 cm³/mol. The molecule has 0 aliphatic rings. The molecule has 6 heteroatoms. The molecule has 0 heterocycles. The Labute approximate surface area is 113 Å². The normalized spacial score (nSPS) is 13.0. The first-order chi connectivity index (χ1) is 8.57. The average Bonchev–Trinajstić information content (AvgIpc) is 2.43. The van der Waals surface area contributed by atoms with E-state index in [0.29, 0.717) is 0 Å². The summed E-state index contributed by atoms with van der Waals surface area (Å²) in [5, 5.41) is 9.18. The van der Waals surface area contributed by atoms with Gasteiger partial charge in [-0.1, -0.05) is 0 Å². The molecule has 0 atom stereocenters. The SMILES string of the molecule is CC[N+](CC)(CCO)CCC[Si](OC)(OC)OC. The first-order valence-electron chi connectivity index (χ1n) is 6.69. The van der Waals surface area contributed by atoms with Crippen molar-refractivity contribution in [1.29, 1.82) is 0 Å². The molecule has 0 amide bonds. The minimum atomic E-state index is -2.44. The Morgan fingerprint density at radius 2 is 1.44 bits per heavy atom. The van der Waals surface area contributed by atoms with Gasteiger partial charge in [-0.05, 0) is 13.8 Å². The molecule has 0 fully saturated rings. The quantitative estimate of drug-likeness (QED) is 0.455.